The summed E-state index contributed by atoms with van der Waals surface area (Å²) in [5.74, 6) is -1.15. The van der Waals surface area contributed by atoms with Crippen molar-refractivity contribution in [1.29, 1.82) is 0 Å². The van der Waals surface area contributed by atoms with E-state index in [2.05, 4.69) is 21.2 Å². The van der Waals surface area contributed by atoms with Crippen molar-refractivity contribution >= 4 is 45.1 Å². The van der Waals surface area contributed by atoms with E-state index in [0.717, 1.165) is 10.0 Å². The van der Waals surface area contributed by atoms with Gasteiger partial charge in [0, 0.05) is 15.9 Å². The Hall–Kier alpha value is -1.07. The molecule has 20 heavy (non-hydrogen) atoms. The van der Waals surface area contributed by atoms with E-state index in [4.69, 9.17) is 16.7 Å². The quantitative estimate of drug-likeness (QED) is 0.823. The van der Waals surface area contributed by atoms with E-state index < -0.39 is 11.4 Å². The van der Waals surface area contributed by atoms with E-state index in [1.54, 1.807) is 19.9 Å². The summed E-state index contributed by atoms with van der Waals surface area (Å²) >= 11 is 9.38. The van der Waals surface area contributed by atoms with E-state index in [9.17, 15) is 9.59 Å². The van der Waals surface area contributed by atoms with Gasteiger partial charge in [0.2, 0.25) is 5.91 Å². The number of hydrogen-bond acceptors (Lipinski definition) is 2. The van der Waals surface area contributed by atoms with Gasteiger partial charge < -0.3 is 10.4 Å². The predicted molar refractivity (Wildman–Crippen MR) is 83.2 cm³/mol. The van der Waals surface area contributed by atoms with Gasteiger partial charge >= 0.3 is 5.97 Å². The average molecular weight is 363 g/mol. The molecular weight excluding hydrogens is 346 g/mol. The molecule has 0 fully saturated rings. The van der Waals surface area contributed by atoms with Crippen molar-refractivity contribution in [3.8, 4) is 0 Å². The number of rotatable bonds is 5. The molecule has 1 rings (SSSR count). The number of carboxylic acid groups (broad SMARTS) is 1. The molecule has 0 aliphatic heterocycles. The zero-order valence-electron chi connectivity index (χ0n) is 11.6. The highest BCUT2D eigenvalue weighted by Gasteiger charge is 2.25. The fraction of sp³-hybridized carbons (Fsp3) is 0.429. The van der Waals surface area contributed by atoms with Gasteiger partial charge in [-0.25, -0.2) is 0 Å². The number of hydrogen-bond donors (Lipinski definition) is 2. The molecule has 1 aromatic carbocycles. The van der Waals surface area contributed by atoms with Crippen LogP contribution in [0.25, 0.3) is 0 Å². The average Bonchev–Trinajstić information content (AvgIpc) is 2.22. The molecule has 6 heteroatoms. The molecule has 0 aliphatic carbocycles. The first-order chi connectivity index (χ1) is 9.10. The van der Waals surface area contributed by atoms with E-state index in [1.807, 2.05) is 13.0 Å². The maximum atomic E-state index is 12.0. The van der Waals surface area contributed by atoms with Crippen LogP contribution in [0.2, 0.25) is 5.02 Å². The van der Waals surface area contributed by atoms with Crippen LogP contribution < -0.4 is 5.32 Å². The summed E-state index contributed by atoms with van der Waals surface area (Å²) in [5, 5.41) is 12.1. The van der Waals surface area contributed by atoms with E-state index in [-0.39, 0.29) is 18.7 Å². The second-order valence-corrected chi connectivity index (χ2v) is 6.80. The Morgan fingerprint density at radius 2 is 1.95 bits per heavy atom. The van der Waals surface area contributed by atoms with Gasteiger partial charge in [-0.15, -0.1) is 0 Å². The van der Waals surface area contributed by atoms with Crippen LogP contribution in [0.1, 0.15) is 32.3 Å². The van der Waals surface area contributed by atoms with Crippen molar-refractivity contribution in [2.45, 2.75) is 33.6 Å². The third-order valence-electron chi connectivity index (χ3n) is 2.79. The Labute approximate surface area is 131 Å². The molecule has 0 unspecified atom stereocenters. The topological polar surface area (TPSA) is 66.4 Å². The van der Waals surface area contributed by atoms with Crippen LogP contribution >= 0.6 is 27.5 Å². The number of carboxylic acids is 1. The number of carbonyl (C=O) groups is 2. The van der Waals surface area contributed by atoms with Crippen molar-refractivity contribution in [2.75, 3.05) is 5.32 Å². The number of amides is 1. The first kappa shape index (κ1) is 17.0. The van der Waals surface area contributed by atoms with Crippen LogP contribution in [0, 0.1) is 12.3 Å². The van der Waals surface area contributed by atoms with Crippen LogP contribution in [0.15, 0.2) is 16.6 Å². The monoisotopic (exact) mass is 361 g/mol. The number of anilines is 1. The molecule has 1 amide bonds. The highest BCUT2D eigenvalue weighted by molar-refractivity contribution is 9.10. The summed E-state index contributed by atoms with van der Waals surface area (Å²) in [5.41, 5.74) is 0.885. The Morgan fingerprint density at radius 3 is 2.50 bits per heavy atom. The Morgan fingerprint density at radius 1 is 1.35 bits per heavy atom. The number of benzene rings is 1. The van der Waals surface area contributed by atoms with Crippen molar-refractivity contribution in [1.82, 2.24) is 0 Å². The molecule has 0 saturated heterocycles. The predicted octanol–water partition coefficient (Wildman–Crippen LogP) is 4.24. The maximum absolute atomic E-state index is 12.0. The normalized spacial score (nSPS) is 11.2. The fourth-order valence-corrected chi connectivity index (χ4v) is 2.56. The molecule has 0 bridgehead atoms. The third-order valence-corrected chi connectivity index (χ3v) is 3.85. The van der Waals surface area contributed by atoms with Crippen LogP contribution in [0.3, 0.4) is 0 Å². The van der Waals surface area contributed by atoms with Gasteiger partial charge in [0.05, 0.1) is 12.1 Å². The van der Waals surface area contributed by atoms with Gasteiger partial charge in [0.1, 0.15) is 0 Å². The lowest BCUT2D eigenvalue weighted by Gasteiger charge is -2.21. The number of halogens is 2. The summed E-state index contributed by atoms with van der Waals surface area (Å²) in [6, 6.07) is 3.49. The summed E-state index contributed by atoms with van der Waals surface area (Å²) in [6.45, 7) is 5.37. The minimum Gasteiger partial charge on any atom is -0.481 e. The summed E-state index contributed by atoms with van der Waals surface area (Å²) in [4.78, 5) is 22.7. The fourth-order valence-electron chi connectivity index (χ4n) is 1.84. The maximum Gasteiger partial charge on any atom is 0.303 e. The van der Waals surface area contributed by atoms with Crippen molar-refractivity contribution in [2.24, 2.45) is 5.41 Å². The number of carbonyl (C=O) groups excluding carboxylic acids is 1. The van der Waals surface area contributed by atoms with Crippen molar-refractivity contribution in [3.05, 3.63) is 27.2 Å². The molecule has 1 aromatic rings. The lowest BCUT2D eigenvalue weighted by Crippen LogP contribution is -2.24. The zero-order chi connectivity index (χ0) is 15.5. The Kier molecular flexibility index (Phi) is 5.59. The smallest absolute Gasteiger partial charge is 0.303 e. The van der Waals surface area contributed by atoms with Gasteiger partial charge in [-0.3, -0.25) is 9.59 Å². The molecular formula is C14H17BrClNO3. The summed E-state index contributed by atoms with van der Waals surface area (Å²) in [6.07, 6.45) is 0.0630. The Balaban J connectivity index is 2.77. The van der Waals surface area contributed by atoms with E-state index in [0.29, 0.717) is 10.7 Å². The molecule has 2 N–H and O–H groups in total. The largest absolute Gasteiger partial charge is 0.481 e. The zero-order valence-corrected chi connectivity index (χ0v) is 13.9. The molecule has 0 aliphatic rings. The first-order valence-corrected chi connectivity index (χ1v) is 7.25. The van der Waals surface area contributed by atoms with Gasteiger partial charge in [0.25, 0.3) is 0 Å². The molecule has 110 valence electrons. The third kappa shape index (κ3) is 5.13. The van der Waals surface area contributed by atoms with Gasteiger partial charge in [-0.2, -0.15) is 0 Å². The van der Waals surface area contributed by atoms with Gasteiger partial charge in [0.15, 0.2) is 0 Å². The molecule has 0 spiro atoms. The molecule has 0 atom stereocenters. The van der Waals surface area contributed by atoms with Crippen molar-refractivity contribution < 1.29 is 14.7 Å². The SMILES string of the molecule is Cc1cc(Br)c(NC(=O)CC(C)(C)CC(=O)O)cc1Cl. The van der Waals surface area contributed by atoms with Gasteiger partial charge in [-0.1, -0.05) is 25.4 Å². The van der Waals surface area contributed by atoms with Crippen LogP contribution in [0.4, 0.5) is 5.69 Å². The molecule has 0 radical (unpaired) electrons. The van der Waals surface area contributed by atoms with E-state index >= 15 is 0 Å². The molecule has 4 nitrogen and oxygen atoms in total. The molecule has 0 saturated carbocycles. The highest BCUT2D eigenvalue weighted by Crippen LogP contribution is 2.31. The van der Waals surface area contributed by atoms with Gasteiger partial charge in [-0.05, 0) is 46.0 Å². The highest BCUT2D eigenvalue weighted by atomic mass is 79.9. The second-order valence-electron chi connectivity index (χ2n) is 5.54. The summed E-state index contributed by atoms with van der Waals surface area (Å²) in [7, 11) is 0. The van der Waals surface area contributed by atoms with Crippen LogP contribution in [-0.2, 0) is 9.59 Å². The standard InChI is InChI=1S/C14H17BrClNO3/c1-8-4-9(15)11(5-10(8)16)17-12(18)6-14(2,3)7-13(19)20/h4-5H,6-7H2,1-3H3,(H,17,18)(H,19,20). The number of aliphatic carboxylic acids is 1. The minimum absolute atomic E-state index is 0.0593. The molecule has 0 heterocycles. The van der Waals surface area contributed by atoms with Crippen LogP contribution in [0.5, 0.6) is 0 Å². The van der Waals surface area contributed by atoms with E-state index in [1.165, 1.54) is 0 Å². The second kappa shape index (κ2) is 6.59. The number of nitrogens with one attached hydrogen (secondary N) is 1. The summed E-state index contributed by atoms with van der Waals surface area (Å²) < 4.78 is 0.740. The van der Waals surface area contributed by atoms with Crippen LogP contribution in [-0.4, -0.2) is 17.0 Å². The molecule has 0 aromatic heterocycles. The number of aryl methyl sites for hydroxylation is 1. The lowest BCUT2D eigenvalue weighted by atomic mass is 9.85. The van der Waals surface area contributed by atoms with Crippen molar-refractivity contribution in [3.63, 3.8) is 0 Å². The minimum atomic E-state index is -0.914. The first-order valence-electron chi connectivity index (χ1n) is 6.08. The Bertz CT molecular complexity index is 543. The lowest BCUT2D eigenvalue weighted by molar-refractivity contribution is -0.139.